The second kappa shape index (κ2) is 6.02. The van der Waals surface area contributed by atoms with Gasteiger partial charge in [-0.05, 0) is 47.0 Å². The molecule has 0 radical (unpaired) electrons. The van der Waals surface area contributed by atoms with Crippen molar-refractivity contribution in [2.45, 2.75) is 18.4 Å². The maximum absolute atomic E-state index is 12.6. The number of hydrogen-bond donors (Lipinski definition) is 2. The normalized spacial score (nSPS) is 11.6. The van der Waals surface area contributed by atoms with Crippen LogP contribution in [0.2, 0.25) is 0 Å². The highest BCUT2D eigenvalue weighted by atomic mass is 32.2. The van der Waals surface area contributed by atoms with Crippen LogP contribution in [0, 0.1) is 6.92 Å². The van der Waals surface area contributed by atoms with Crippen LogP contribution in [0.3, 0.4) is 0 Å². The zero-order valence-corrected chi connectivity index (χ0v) is 13.5. The maximum atomic E-state index is 12.6. The lowest BCUT2D eigenvalue weighted by Crippen LogP contribution is -2.14. The quantitative estimate of drug-likeness (QED) is 0.771. The van der Waals surface area contributed by atoms with Crippen molar-refractivity contribution in [1.82, 2.24) is 0 Å². The highest BCUT2D eigenvalue weighted by Crippen LogP contribution is 2.24. The topological polar surface area (TPSA) is 66.4 Å². The Morgan fingerprint density at radius 2 is 1.70 bits per heavy atom. The molecule has 0 aromatic heterocycles. The molecule has 0 spiro atoms. The lowest BCUT2D eigenvalue weighted by molar-refractivity contribution is 0.282. The summed E-state index contributed by atoms with van der Waals surface area (Å²) in [4.78, 5) is 0.213. The molecule has 0 bridgehead atoms. The third-order valence-corrected chi connectivity index (χ3v) is 5.12. The van der Waals surface area contributed by atoms with Crippen LogP contribution in [0.1, 0.15) is 11.1 Å². The molecule has 3 aromatic carbocycles. The van der Waals surface area contributed by atoms with Crippen LogP contribution < -0.4 is 4.72 Å². The average molecular weight is 327 g/mol. The van der Waals surface area contributed by atoms with E-state index in [1.54, 1.807) is 36.4 Å². The Balaban J connectivity index is 2.00. The van der Waals surface area contributed by atoms with E-state index in [0.717, 1.165) is 16.3 Å². The lowest BCUT2D eigenvalue weighted by atomic mass is 10.1. The van der Waals surface area contributed by atoms with Gasteiger partial charge in [0.05, 0.1) is 17.2 Å². The van der Waals surface area contributed by atoms with Gasteiger partial charge < -0.3 is 5.11 Å². The number of benzene rings is 3. The third-order valence-electron chi connectivity index (χ3n) is 3.76. The van der Waals surface area contributed by atoms with Gasteiger partial charge >= 0.3 is 0 Å². The predicted molar refractivity (Wildman–Crippen MR) is 91.9 cm³/mol. The maximum Gasteiger partial charge on any atom is 0.261 e. The van der Waals surface area contributed by atoms with Gasteiger partial charge in [0.1, 0.15) is 0 Å². The largest absolute Gasteiger partial charge is 0.392 e. The zero-order chi connectivity index (χ0) is 16.4. The zero-order valence-electron chi connectivity index (χ0n) is 12.7. The Kier molecular flexibility index (Phi) is 4.07. The van der Waals surface area contributed by atoms with E-state index in [-0.39, 0.29) is 11.5 Å². The first kappa shape index (κ1) is 15.5. The van der Waals surface area contributed by atoms with Gasteiger partial charge in [0.2, 0.25) is 0 Å². The smallest absolute Gasteiger partial charge is 0.261 e. The van der Waals surface area contributed by atoms with Crippen LogP contribution in [-0.4, -0.2) is 13.5 Å². The van der Waals surface area contributed by atoms with E-state index < -0.39 is 10.0 Å². The number of anilines is 1. The Morgan fingerprint density at radius 3 is 2.43 bits per heavy atom. The highest BCUT2D eigenvalue weighted by Gasteiger charge is 2.16. The molecule has 3 aromatic rings. The van der Waals surface area contributed by atoms with Crippen LogP contribution >= 0.6 is 0 Å². The number of aliphatic hydroxyl groups is 1. The first-order valence-electron chi connectivity index (χ1n) is 7.21. The van der Waals surface area contributed by atoms with Crippen molar-refractivity contribution in [3.05, 3.63) is 71.8 Å². The van der Waals surface area contributed by atoms with Crippen LogP contribution in [0.15, 0.2) is 65.6 Å². The number of sulfonamides is 1. The minimum absolute atomic E-state index is 0.134. The molecule has 0 unspecified atom stereocenters. The first-order chi connectivity index (χ1) is 11.0. The molecule has 2 N–H and O–H groups in total. The van der Waals surface area contributed by atoms with Crippen molar-refractivity contribution in [3.8, 4) is 0 Å². The van der Waals surface area contributed by atoms with Crippen molar-refractivity contribution >= 4 is 26.5 Å². The van der Waals surface area contributed by atoms with E-state index in [4.69, 9.17) is 0 Å². The van der Waals surface area contributed by atoms with Gasteiger partial charge in [0, 0.05) is 0 Å². The van der Waals surface area contributed by atoms with Gasteiger partial charge in [0.15, 0.2) is 0 Å². The number of aliphatic hydroxyl groups excluding tert-OH is 1. The Morgan fingerprint density at radius 1 is 0.957 bits per heavy atom. The van der Waals surface area contributed by atoms with Crippen molar-refractivity contribution in [3.63, 3.8) is 0 Å². The van der Waals surface area contributed by atoms with E-state index >= 15 is 0 Å². The molecule has 5 heteroatoms. The number of nitrogens with one attached hydrogen (secondary N) is 1. The molecule has 0 aliphatic rings. The molecule has 0 atom stereocenters. The Hall–Kier alpha value is -2.37. The monoisotopic (exact) mass is 327 g/mol. The summed E-state index contributed by atoms with van der Waals surface area (Å²) in [5, 5.41) is 11.1. The number of fused-ring (bicyclic) bond motifs is 1. The average Bonchev–Trinajstić information content (AvgIpc) is 2.56. The van der Waals surface area contributed by atoms with Gasteiger partial charge in [-0.2, -0.15) is 0 Å². The molecule has 0 aliphatic carbocycles. The van der Waals surface area contributed by atoms with E-state index in [1.807, 2.05) is 31.2 Å². The molecule has 0 aliphatic heterocycles. The molecule has 118 valence electrons. The number of hydrogen-bond acceptors (Lipinski definition) is 3. The standard InChI is InChI=1S/C18H17NO3S/c1-13-6-7-14(12-20)10-18(13)19-23(21,22)17-9-8-15-4-2-3-5-16(15)11-17/h2-11,19-20H,12H2,1H3. The lowest BCUT2D eigenvalue weighted by Gasteiger charge is -2.12. The van der Waals surface area contributed by atoms with Crippen molar-refractivity contribution < 1.29 is 13.5 Å². The fraction of sp³-hybridized carbons (Fsp3) is 0.111. The summed E-state index contributed by atoms with van der Waals surface area (Å²) in [7, 11) is -3.68. The summed E-state index contributed by atoms with van der Waals surface area (Å²) >= 11 is 0. The molecule has 0 fully saturated rings. The molecule has 0 amide bonds. The molecule has 0 heterocycles. The second-order valence-electron chi connectivity index (χ2n) is 5.42. The van der Waals surface area contributed by atoms with Crippen molar-refractivity contribution in [1.29, 1.82) is 0 Å². The molecule has 0 saturated carbocycles. The fourth-order valence-electron chi connectivity index (χ4n) is 2.42. The summed E-state index contributed by atoms with van der Waals surface area (Å²) < 4.78 is 27.9. The van der Waals surface area contributed by atoms with E-state index in [9.17, 15) is 13.5 Å². The Labute approximate surface area is 135 Å². The predicted octanol–water partition coefficient (Wildman–Crippen LogP) is 3.44. The SMILES string of the molecule is Cc1ccc(CO)cc1NS(=O)(=O)c1ccc2ccccc2c1. The van der Waals surface area contributed by atoms with Gasteiger partial charge in [-0.15, -0.1) is 0 Å². The van der Waals surface area contributed by atoms with E-state index in [1.165, 1.54) is 0 Å². The van der Waals surface area contributed by atoms with Crippen LogP contribution in [0.25, 0.3) is 10.8 Å². The van der Waals surface area contributed by atoms with Crippen molar-refractivity contribution in [2.75, 3.05) is 4.72 Å². The van der Waals surface area contributed by atoms with Gasteiger partial charge in [-0.1, -0.05) is 42.5 Å². The minimum atomic E-state index is -3.68. The summed E-state index contributed by atoms with van der Waals surface area (Å²) in [5.41, 5.74) is 1.93. The molecule has 23 heavy (non-hydrogen) atoms. The highest BCUT2D eigenvalue weighted by molar-refractivity contribution is 7.92. The summed E-state index contributed by atoms with van der Waals surface area (Å²) in [6.45, 7) is 1.68. The van der Waals surface area contributed by atoms with Crippen LogP contribution in [-0.2, 0) is 16.6 Å². The van der Waals surface area contributed by atoms with Gasteiger partial charge in [-0.25, -0.2) is 8.42 Å². The summed E-state index contributed by atoms with van der Waals surface area (Å²) in [6, 6.07) is 17.8. The van der Waals surface area contributed by atoms with Crippen LogP contribution in [0.5, 0.6) is 0 Å². The minimum Gasteiger partial charge on any atom is -0.392 e. The van der Waals surface area contributed by atoms with E-state index in [2.05, 4.69) is 4.72 Å². The molecule has 3 rings (SSSR count). The molecular weight excluding hydrogens is 310 g/mol. The van der Waals surface area contributed by atoms with Crippen molar-refractivity contribution in [2.24, 2.45) is 0 Å². The first-order valence-corrected chi connectivity index (χ1v) is 8.70. The summed E-state index contributed by atoms with van der Waals surface area (Å²) in [6.07, 6.45) is 0. The fourth-order valence-corrected chi connectivity index (χ4v) is 3.57. The molecular formula is C18H17NO3S. The number of aryl methyl sites for hydroxylation is 1. The molecule has 0 saturated heterocycles. The van der Waals surface area contributed by atoms with Crippen LogP contribution in [0.4, 0.5) is 5.69 Å². The summed E-state index contributed by atoms with van der Waals surface area (Å²) in [5.74, 6) is 0. The van der Waals surface area contributed by atoms with Gasteiger partial charge in [0.25, 0.3) is 10.0 Å². The molecule has 4 nitrogen and oxygen atoms in total. The van der Waals surface area contributed by atoms with Gasteiger partial charge in [-0.3, -0.25) is 4.72 Å². The van der Waals surface area contributed by atoms with E-state index in [0.29, 0.717) is 11.3 Å². The number of rotatable bonds is 4. The third kappa shape index (κ3) is 3.21. The second-order valence-corrected chi connectivity index (χ2v) is 7.10. The Bertz CT molecular complexity index is 965.